The van der Waals surface area contributed by atoms with Gasteiger partial charge in [0.05, 0.1) is 11.0 Å². The van der Waals surface area contributed by atoms with E-state index in [1.54, 1.807) is 0 Å². The van der Waals surface area contributed by atoms with Gasteiger partial charge in [-0.2, -0.15) is 0 Å². The van der Waals surface area contributed by atoms with Gasteiger partial charge < -0.3 is 8.98 Å². The summed E-state index contributed by atoms with van der Waals surface area (Å²) in [5, 5.41) is 4.80. The molecule has 6 aromatic carbocycles. The molecular weight excluding hydrogens is 462 g/mol. The van der Waals surface area contributed by atoms with Crippen LogP contribution in [0.3, 0.4) is 0 Å². The summed E-state index contributed by atoms with van der Waals surface area (Å²) in [5.41, 5.74) is 10.1. The van der Waals surface area contributed by atoms with E-state index in [4.69, 9.17) is 4.42 Å². The minimum Gasteiger partial charge on any atom is -0.455 e. The van der Waals surface area contributed by atoms with E-state index in [0.717, 1.165) is 33.2 Å². The third-order valence-electron chi connectivity index (χ3n) is 7.62. The van der Waals surface area contributed by atoms with Gasteiger partial charge in [-0.25, -0.2) is 0 Å². The molecule has 0 atom stereocenters. The number of fused-ring (bicyclic) bond motifs is 6. The molecule has 2 heteroatoms. The SMILES string of the molecule is c1ccc(-n2c3ccccc3c3c(-c4ccccc4-c4cccc5c4oc4ccccc45)cccc32)cc1. The van der Waals surface area contributed by atoms with Crippen LogP contribution in [0.15, 0.2) is 144 Å². The fourth-order valence-corrected chi connectivity index (χ4v) is 6.01. The van der Waals surface area contributed by atoms with Crippen molar-refractivity contribution in [3.8, 4) is 27.9 Å². The van der Waals surface area contributed by atoms with Gasteiger partial charge in [-0.05, 0) is 47.0 Å². The van der Waals surface area contributed by atoms with Crippen LogP contribution in [0.1, 0.15) is 0 Å². The van der Waals surface area contributed by atoms with Crippen LogP contribution in [0, 0.1) is 0 Å². The molecule has 0 aliphatic heterocycles. The smallest absolute Gasteiger partial charge is 0.143 e. The number of rotatable bonds is 3. The van der Waals surface area contributed by atoms with Gasteiger partial charge in [0.15, 0.2) is 0 Å². The largest absolute Gasteiger partial charge is 0.455 e. The van der Waals surface area contributed by atoms with Gasteiger partial charge in [0, 0.05) is 32.8 Å². The van der Waals surface area contributed by atoms with Crippen LogP contribution < -0.4 is 0 Å². The van der Waals surface area contributed by atoms with Gasteiger partial charge >= 0.3 is 0 Å². The van der Waals surface area contributed by atoms with Crippen LogP contribution in [0.2, 0.25) is 0 Å². The molecule has 0 amide bonds. The van der Waals surface area contributed by atoms with Crippen LogP contribution in [-0.4, -0.2) is 4.57 Å². The van der Waals surface area contributed by atoms with E-state index < -0.39 is 0 Å². The lowest BCUT2D eigenvalue weighted by atomic mass is 9.91. The first-order valence-electron chi connectivity index (χ1n) is 13.0. The van der Waals surface area contributed by atoms with Gasteiger partial charge in [-0.15, -0.1) is 0 Å². The van der Waals surface area contributed by atoms with E-state index in [1.165, 1.54) is 38.5 Å². The Balaban J connectivity index is 1.45. The summed E-state index contributed by atoms with van der Waals surface area (Å²) < 4.78 is 8.82. The average molecular weight is 486 g/mol. The Morgan fingerprint density at radius 3 is 1.84 bits per heavy atom. The Labute approximate surface area is 220 Å². The first-order chi connectivity index (χ1) is 18.9. The van der Waals surface area contributed by atoms with Crippen molar-refractivity contribution in [3.05, 3.63) is 140 Å². The van der Waals surface area contributed by atoms with Crippen molar-refractivity contribution in [3.63, 3.8) is 0 Å². The fourth-order valence-electron chi connectivity index (χ4n) is 6.01. The van der Waals surface area contributed by atoms with Crippen molar-refractivity contribution in [1.29, 1.82) is 0 Å². The Bertz CT molecular complexity index is 2130. The Hall–Kier alpha value is -5.08. The van der Waals surface area contributed by atoms with Crippen molar-refractivity contribution in [1.82, 2.24) is 4.57 Å². The van der Waals surface area contributed by atoms with E-state index in [0.29, 0.717) is 0 Å². The van der Waals surface area contributed by atoms with Gasteiger partial charge in [0.2, 0.25) is 0 Å². The first-order valence-corrected chi connectivity index (χ1v) is 13.0. The Kier molecular flexibility index (Phi) is 4.55. The zero-order valence-electron chi connectivity index (χ0n) is 20.6. The molecule has 2 nitrogen and oxygen atoms in total. The maximum atomic E-state index is 6.44. The van der Waals surface area contributed by atoms with E-state index in [1.807, 2.05) is 12.1 Å². The highest BCUT2D eigenvalue weighted by Crippen LogP contribution is 2.44. The van der Waals surface area contributed by atoms with Crippen molar-refractivity contribution in [2.45, 2.75) is 0 Å². The molecule has 2 heterocycles. The molecule has 0 saturated heterocycles. The number of benzene rings is 6. The number of aromatic nitrogens is 1. The first kappa shape index (κ1) is 21.0. The van der Waals surface area contributed by atoms with Gasteiger partial charge in [0.25, 0.3) is 0 Å². The van der Waals surface area contributed by atoms with Crippen LogP contribution in [0.4, 0.5) is 0 Å². The number of furan rings is 1. The van der Waals surface area contributed by atoms with Crippen LogP contribution >= 0.6 is 0 Å². The third kappa shape index (κ3) is 3.01. The molecule has 178 valence electrons. The Morgan fingerprint density at radius 2 is 0.974 bits per heavy atom. The fraction of sp³-hybridized carbons (Fsp3) is 0. The van der Waals surface area contributed by atoms with Gasteiger partial charge in [0.1, 0.15) is 11.2 Å². The number of hydrogen-bond acceptors (Lipinski definition) is 1. The zero-order chi connectivity index (χ0) is 25.1. The highest BCUT2D eigenvalue weighted by Gasteiger charge is 2.19. The second kappa shape index (κ2) is 8.22. The molecule has 2 aromatic heterocycles. The topological polar surface area (TPSA) is 18.1 Å². The highest BCUT2D eigenvalue weighted by atomic mass is 16.3. The summed E-state index contributed by atoms with van der Waals surface area (Å²) in [4.78, 5) is 0. The number of nitrogens with zero attached hydrogens (tertiary/aromatic N) is 1. The summed E-state index contributed by atoms with van der Waals surface area (Å²) in [6.45, 7) is 0. The molecule has 0 fully saturated rings. The number of para-hydroxylation sites is 4. The molecule has 0 spiro atoms. The molecule has 0 aliphatic carbocycles. The van der Waals surface area contributed by atoms with E-state index >= 15 is 0 Å². The lowest BCUT2D eigenvalue weighted by molar-refractivity contribution is 0.670. The second-order valence-corrected chi connectivity index (χ2v) is 9.71. The molecule has 0 saturated carbocycles. The van der Waals surface area contributed by atoms with Crippen LogP contribution in [0.25, 0.3) is 71.7 Å². The third-order valence-corrected chi connectivity index (χ3v) is 7.62. The second-order valence-electron chi connectivity index (χ2n) is 9.71. The minimum atomic E-state index is 0.917. The molecule has 0 bridgehead atoms. The highest BCUT2D eigenvalue weighted by molar-refractivity contribution is 6.17. The standard InChI is InChI=1S/C36H23NO/c1-2-12-24(13-3-1)37-32-21-8-6-17-31(32)35-28(18-11-22-33(35)37)25-14-4-5-15-26(25)29-19-10-20-30-27-16-7-9-23-34(27)38-36(29)30/h1-23H. The average Bonchev–Trinajstić information content (AvgIpc) is 3.54. The van der Waals surface area contributed by atoms with Gasteiger partial charge in [-0.3, -0.25) is 0 Å². The zero-order valence-corrected chi connectivity index (χ0v) is 20.6. The normalized spacial score (nSPS) is 11.7. The van der Waals surface area contributed by atoms with Crippen molar-refractivity contribution < 1.29 is 4.42 Å². The van der Waals surface area contributed by atoms with Crippen LogP contribution in [0.5, 0.6) is 0 Å². The summed E-state index contributed by atoms with van der Waals surface area (Å²) in [6, 6.07) is 49.4. The molecule has 0 aliphatic rings. The van der Waals surface area contributed by atoms with E-state index in [-0.39, 0.29) is 0 Å². The summed E-state index contributed by atoms with van der Waals surface area (Å²) in [5.74, 6) is 0. The predicted octanol–water partition coefficient (Wildman–Crippen LogP) is 10.0. The quantitative estimate of drug-likeness (QED) is 0.243. The molecule has 8 rings (SSSR count). The summed E-state index contributed by atoms with van der Waals surface area (Å²) >= 11 is 0. The predicted molar refractivity (Wildman–Crippen MR) is 159 cm³/mol. The van der Waals surface area contributed by atoms with Gasteiger partial charge in [-0.1, -0.05) is 109 Å². The Morgan fingerprint density at radius 1 is 0.395 bits per heavy atom. The molecule has 38 heavy (non-hydrogen) atoms. The monoisotopic (exact) mass is 485 g/mol. The van der Waals surface area contributed by atoms with Crippen molar-refractivity contribution >= 4 is 43.7 Å². The maximum Gasteiger partial charge on any atom is 0.143 e. The van der Waals surface area contributed by atoms with Crippen molar-refractivity contribution in [2.24, 2.45) is 0 Å². The summed E-state index contributed by atoms with van der Waals surface area (Å²) in [7, 11) is 0. The minimum absolute atomic E-state index is 0.917. The summed E-state index contributed by atoms with van der Waals surface area (Å²) in [6.07, 6.45) is 0. The molecular formula is C36H23NO. The lowest BCUT2D eigenvalue weighted by Gasteiger charge is -2.13. The number of hydrogen-bond donors (Lipinski definition) is 0. The molecule has 0 N–H and O–H groups in total. The molecule has 8 aromatic rings. The van der Waals surface area contributed by atoms with Crippen LogP contribution in [-0.2, 0) is 0 Å². The van der Waals surface area contributed by atoms with E-state index in [9.17, 15) is 0 Å². The lowest BCUT2D eigenvalue weighted by Crippen LogP contribution is -1.93. The van der Waals surface area contributed by atoms with E-state index in [2.05, 4.69) is 132 Å². The molecule has 0 unspecified atom stereocenters. The molecule has 0 radical (unpaired) electrons. The maximum absolute atomic E-state index is 6.44. The van der Waals surface area contributed by atoms with Crippen molar-refractivity contribution in [2.75, 3.05) is 0 Å².